The zero-order valence-corrected chi connectivity index (χ0v) is 13.4. The van der Waals surface area contributed by atoms with Crippen molar-refractivity contribution >= 4 is 23.2 Å². The van der Waals surface area contributed by atoms with Crippen molar-refractivity contribution in [2.24, 2.45) is 0 Å². The van der Waals surface area contributed by atoms with E-state index in [4.69, 9.17) is 0 Å². The third kappa shape index (κ3) is 4.85. The monoisotopic (exact) mass is 330 g/mol. The van der Waals surface area contributed by atoms with E-state index < -0.39 is 0 Å². The van der Waals surface area contributed by atoms with Crippen LogP contribution in [0, 0.1) is 0 Å². The molecule has 0 aliphatic heterocycles. The number of hydrogen-bond acceptors (Lipinski definition) is 5. The number of amides is 2. The summed E-state index contributed by atoms with van der Waals surface area (Å²) >= 11 is 1.54. The van der Waals surface area contributed by atoms with Crippen LogP contribution < -0.4 is 10.6 Å². The molecule has 2 aromatic rings. The lowest BCUT2D eigenvalue weighted by Gasteiger charge is -2.05. The van der Waals surface area contributed by atoms with Gasteiger partial charge in [0.15, 0.2) is 0 Å². The Morgan fingerprint density at radius 2 is 2.17 bits per heavy atom. The maximum Gasteiger partial charge on any atom is 0.239 e. The molecule has 7 heteroatoms. The van der Waals surface area contributed by atoms with Gasteiger partial charge >= 0.3 is 0 Å². The van der Waals surface area contributed by atoms with Crippen molar-refractivity contribution in [3.63, 3.8) is 0 Å². The predicted molar refractivity (Wildman–Crippen MR) is 87.8 cm³/mol. The fraction of sp³-hybridized carbons (Fsp3) is 0.375. The summed E-state index contributed by atoms with van der Waals surface area (Å²) in [5.41, 5.74) is 1.86. The Kier molecular flexibility index (Phi) is 4.97. The van der Waals surface area contributed by atoms with Crippen LogP contribution in [0.4, 0.5) is 0 Å². The minimum Gasteiger partial charge on any atom is -0.352 e. The Bertz CT molecular complexity index is 682. The molecule has 120 valence electrons. The fourth-order valence-corrected chi connectivity index (χ4v) is 2.90. The molecule has 23 heavy (non-hydrogen) atoms. The molecule has 0 atom stereocenters. The molecule has 0 saturated heterocycles. The Labute approximate surface area is 138 Å². The Morgan fingerprint density at radius 3 is 2.91 bits per heavy atom. The minimum atomic E-state index is -0.133. The van der Waals surface area contributed by atoms with Crippen LogP contribution in [0.3, 0.4) is 0 Å². The first-order valence-corrected chi connectivity index (χ1v) is 8.49. The number of nitrogens with one attached hydrogen (secondary N) is 2. The minimum absolute atomic E-state index is 0.0489. The second kappa shape index (κ2) is 7.32. The number of aryl methyl sites for hydroxylation is 1. The van der Waals surface area contributed by atoms with Gasteiger partial charge in [-0.15, -0.1) is 11.3 Å². The maximum absolute atomic E-state index is 11.8. The Balaban J connectivity index is 1.42. The molecule has 3 rings (SSSR count). The second-order valence-corrected chi connectivity index (χ2v) is 6.36. The molecule has 0 unspecified atom stereocenters. The smallest absolute Gasteiger partial charge is 0.239 e. The molecular weight excluding hydrogens is 312 g/mol. The lowest BCUT2D eigenvalue weighted by Crippen LogP contribution is -2.37. The molecule has 2 N–H and O–H groups in total. The van der Waals surface area contributed by atoms with Crippen molar-refractivity contribution < 1.29 is 9.59 Å². The molecule has 0 radical (unpaired) electrons. The summed E-state index contributed by atoms with van der Waals surface area (Å²) in [5.74, 6) is -0.250. The van der Waals surface area contributed by atoms with Crippen molar-refractivity contribution in [3.05, 3.63) is 35.6 Å². The highest BCUT2D eigenvalue weighted by Gasteiger charge is 2.23. The standard InChI is InChI=1S/C16H18N4O2S/c21-14(18-9-15(22)19-12-3-4-12)6-5-13-10-23-16(20-13)11-2-1-7-17-8-11/h1-2,7-8,10,12H,3-6,9H2,(H,18,21)(H,19,22). The van der Waals surface area contributed by atoms with E-state index in [-0.39, 0.29) is 18.4 Å². The lowest BCUT2D eigenvalue weighted by molar-refractivity contribution is -0.126. The average Bonchev–Trinajstić information content (AvgIpc) is 3.25. The van der Waals surface area contributed by atoms with E-state index in [0.29, 0.717) is 18.9 Å². The van der Waals surface area contributed by atoms with Crippen LogP contribution in [-0.4, -0.2) is 34.4 Å². The third-order valence-electron chi connectivity index (χ3n) is 3.46. The third-order valence-corrected chi connectivity index (χ3v) is 4.40. The van der Waals surface area contributed by atoms with Crippen molar-refractivity contribution in [1.82, 2.24) is 20.6 Å². The van der Waals surface area contributed by atoms with Gasteiger partial charge in [0.1, 0.15) is 5.01 Å². The molecule has 2 aromatic heterocycles. The molecule has 0 bridgehead atoms. The summed E-state index contributed by atoms with van der Waals surface area (Å²) in [7, 11) is 0. The first-order chi connectivity index (χ1) is 11.2. The summed E-state index contributed by atoms with van der Waals surface area (Å²) in [6.45, 7) is 0.0489. The second-order valence-electron chi connectivity index (χ2n) is 5.50. The number of aromatic nitrogens is 2. The fourth-order valence-electron chi connectivity index (χ4n) is 2.06. The predicted octanol–water partition coefficient (Wildman–Crippen LogP) is 1.53. The van der Waals surface area contributed by atoms with Crippen LogP contribution >= 0.6 is 11.3 Å². The maximum atomic E-state index is 11.8. The number of carbonyl (C=O) groups excluding carboxylic acids is 2. The molecule has 2 amide bonds. The Hall–Kier alpha value is -2.28. The van der Waals surface area contributed by atoms with Gasteiger partial charge in [0, 0.05) is 35.8 Å². The zero-order chi connectivity index (χ0) is 16.1. The number of thiazole rings is 1. The van der Waals surface area contributed by atoms with E-state index in [9.17, 15) is 9.59 Å². The molecule has 0 aromatic carbocycles. The van der Waals surface area contributed by atoms with Crippen molar-refractivity contribution in [3.8, 4) is 10.6 Å². The van der Waals surface area contributed by atoms with E-state index >= 15 is 0 Å². The van der Waals surface area contributed by atoms with Crippen LogP contribution in [0.5, 0.6) is 0 Å². The van der Waals surface area contributed by atoms with E-state index in [1.54, 1.807) is 12.4 Å². The van der Waals surface area contributed by atoms with Crippen molar-refractivity contribution in [2.45, 2.75) is 31.7 Å². The summed E-state index contributed by atoms with van der Waals surface area (Å²) < 4.78 is 0. The van der Waals surface area contributed by atoms with E-state index in [0.717, 1.165) is 29.1 Å². The van der Waals surface area contributed by atoms with Crippen LogP contribution in [-0.2, 0) is 16.0 Å². The van der Waals surface area contributed by atoms with E-state index in [2.05, 4.69) is 20.6 Å². The van der Waals surface area contributed by atoms with Crippen LogP contribution in [0.15, 0.2) is 29.9 Å². The largest absolute Gasteiger partial charge is 0.352 e. The van der Waals surface area contributed by atoms with Gasteiger partial charge in [-0.3, -0.25) is 14.6 Å². The van der Waals surface area contributed by atoms with E-state index in [1.807, 2.05) is 17.5 Å². The van der Waals surface area contributed by atoms with Gasteiger partial charge in [-0.05, 0) is 31.4 Å². The number of pyridine rings is 1. The molecule has 0 spiro atoms. The van der Waals surface area contributed by atoms with Gasteiger partial charge in [-0.1, -0.05) is 0 Å². The van der Waals surface area contributed by atoms with Crippen LogP contribution in [0.1, 0.15) is 25.0 Å². The molecule has 1 saturated carbocycles. The number of nitrogens with zero attached hydrogens (tertiary/aromatic N) is 2. The lowest BCUT2D eigenvalue weighted by atomic mass is 10.2. The van der Waals surface area contributed by atoms with Gasteiger partial charge in [0.2, 0.25) is 11.8 Å². The first kappa shape index (κ1) is 15.6. The number of hydrogen-bond donors (Lipinski definition) is 2. The average molecular weight is 330 g/mol. The number of carbonyl (C=O) groups is 2. The summed E-state index contributed by atoms with van der Waals surface area (Å²) in [6.07, 6.45) is 6.47. The highest BCUT2D eigenvalue weighted by Crippen LogP contribution is 2.23. The highest BCUT2D eigenvalue weighted by molar-refractivity contribution is 7.13. The van der Waals surface area contributed by atoms with Crippen molar-refractivity contribution in [1.29, 1.82) is 0 Å². The van der Waals surface area contributed by atoms with Gasteiger partial charge in [0.25, 0.3) is 0 Å². The first-order valence-electron chi connectivity index (χ1n) is 7.61. The quantitative estimate of drug-likeness (QED) is 0.806. The van der Waals surface area contributed by atoms with Gasteiger partial charge in [-0.25, -0.2) is 4.98 Å². The van der Waals surface area contributed by atoms with Gasteiger partial charge < -0.3 is 10.6 Å². The summed E-state index contributed by atoms with van der Waals surface area (Å²) in [5, 5.41) is 8.33. The molecular formula is C16H18N4O2S. The highest BCUT2D eigenvalue weighted by atomic mass is 32.1. The molecule has 1 aliphatic rings. The molecule has 6 nitrogen and oxygen atoms in total. The molecule has 2 heterocycles. The zero-order valence-electron chi connectivity index (χ0n) is 12.6. The molecule has 1 fully saturated rings. The summed E-state index contributed by atoms with van der Waals surface area (Å²) in [6, 6.07) is 4.15. The van der Waals surface area contributed by atoms with Crippen molar-refractivity contribution in [2.75, 3.05) is 6.54 Å². The Morgan fingerprint density at radius 1 is 1.30 bits per heavy atom. The topological polar surface area (TPSA) is 84.0 Å². The van der Waals surface area contributed by atoms with Crippen LogP contribution in [0.25, 0.3) is 10.6 Å². The van der Waals surface area contributed by atoms with Gasteiger partial charge in [0.05, 0.1) is 12.2 Å². The van der Waals surface area contributed by atoms with E-state index in [1.165, 1.54) is 11.3 Å². The SMILES string of the molecule is O=C(CCc1csc(-c2cccnc2)n1)NCC(=O)NC1CC1. The molecule has 1 aliphatic carbocycles. The number of rotatable bonds is 7. The van der Waals surface area contributed by atoms with Gasteiger partial charge in [-0.2, -0.15) is 0 Å². The summed E-state index contributed by atoms with van der Waals surface area (Å²) in [4.78, 5) is 31.9. The normalized spacial score (nSPS) is 13.6. The van der Waals surface area contributed by atoms with Crippen LogP contribution in [0.2, 0.25) is 0 Å².